The lowest BCUT2D eigenvalue weighted by Crippen LogP contribution is -2.29. The molecule has 0 unspecified atom stereocenters. The number of Topliss-reactive ketones (excluding diaryl/α,β-unsaturated/α-hetero) is 1. The van der Waals surface area contributed by atoms with E-state index in [0.717, 1.165) is 23.0 Å². The molecule has 0 bridgehead atoms. The van der Waals surface area contributed by atoms with Crippen molar-refractivity contribution in [1.82, 2.24) is 4.98 Å². The van der Waals surface area contributed by atoms with Crippen molar-refractivity contribution in [3.05, 3.63) is 86.7 Å². The number of carbonyl (C=O) groups is 3. The van der Waals surface area contributed by atoms with Gasteiger partial charge in [0.1, 0.15) is 16.5 Å². The molecule has 0 aliphatic carbocycles. The molecule has 1 aliphatic heterocycles. The maximum Gasteiger partial charge on any atom is 0.350 e. The van der Waals surface area contributed by atoms with Crippen LogP contribution in [0.3, 0.4) is 0 Å². The molecule has 4 rings (SSSR count). The van der Waals surface area contributed by atoms with Gasteiger partial charge in [-0.25, -0.2) is 14.2 Å². The summed E-state index contributed by atoms with van der Waals surface area (Å²) in [4.78, 5) is 44.6. The maximum absolute atomic E-state index is 14.2. The molecule has 1 atom stereocenters. The van der Waals surface area contributed by atoms with Crippen LogP contribution in [-0.4, -0.2) is 34.4 Å². The van der Waals surface area contributed by atoms with Crippen LogP contribution in [-0.2, 0) is 14.3 Å². The summed E-state index contributed by atoms with van der Waals surface area (Å²) in [6.07, 6.45) is 0. The predicted octanol–water partition coefficient (Wildman–Crippen LogP) is 5.01. The summed E-state index contributed by atoms with van der Waals surface area (Å²) < 4.78 is 19.3. The molecule has 1 aliphatic rings. The molecular formula is C26H23FN2O5S. The Balaban J connectivity index is 1.92. The number of hydrogen-bond acceptors (Lipinski definition) is 7. The first-order valence-electron chi connectivity index (χ1n) is 10.9. The summed E-state index contributed by atoms with van der Waals surface area (Å²) in [5, 5.41) is 11.2. The predicted molar refractivity (Wildman–Crippen MR) is 130 cm³/mol. The summed E-state index contributed by atoms with van der Waals surface area (Å²) in [5.74, 6) is -3.46. The van der Waals surface area contributed by atoms with Crippen LogP contribution in [0.15, 0.2) is 48.0 Å². The number of ketones is 1. The standard InChI is InChI=1S/C26H23FN2O5S/c1-5-34-25(33)23-15(4)28-26(35-23)29-20(16-9-6-13(2)7-10-16)19(22(31)24(29)32)21(30)17-11-8-14(3)18(27)12-17/h6-12,20,30H,5H2,1-4H3/t20-/m0/s1. The fourth-order valence-electron chi connectivity index (χ4n) is 3.86. The maximum atomic E-state index is 14.2. The number of thiazole rings is 1. The normalized spacial score (nSPS) is 17.2. The van der Waals surface area contributed by atoms with E-state index in [1.165, 1.54) is 17.0 Å². The molecule has 0 radical (unpaired) electrons. The lowest BCUT2D eigenvalue weighted by molar-refractivity contribution is -0.132. The Morgan fingerprint density at radius 3 is 2.46 bits per heavy atom. The number of benzene rings is 2. The highest BCUT2D eigenvalue weighted by atomic mass is 32.1. The minimum absolute atomic E-state index is 0.0748. The van der Waals surface area contributed by atoms with Gasteiger partial charge in [-0.1, -0.05) is 53.3 Å². The minimum Gasteiger partial charge on any atom is -0.507 e. The van der Waals surface area contributed by atoms with Crippen LogP contribution in [0.1, 0.15) is 50.6 Å². The molecule has 7 nitrogen and oxygen atoms in total. The Hall–Kier alpha value is -3.85. The number of anilines is 1. The number of amides is 1. The number of aromatic nitrogens is 1. The average molecular weight is 495 g/mol. The van der Waals surface area contributed by atoms with E-state index in [9.17, 15) is 23.9 Å². The van der Waals surface area contributed by atoms with Crippen molar-refractivity contribution < 1.29 is 28.6 Å². The van der Waals surface area contributed by atoms with E-state index in [0.29, 0.717) is 16.8 Å². The van der Waals surface area contributed by atoms with Crippen LogP contribution < -0.4 is 4.90 Å². The van der Waals surface area contributed by atoms with E-state index in [2.05, 4.69) is 4.98 Å². The van der Waals surface area contributed by atoms with Crippen LogP contribution in [0.2, 0.25) is 0 Å². The topological polar surface area (TPSA) is 96.8 Å². The summed E-state index contributed by atoms with van der Waals surface area (Å²) in [7, 11) is 0. The second kappa shape index (κ2) is 9.42. The molecule has 0 spiro atoms. The molecule has 2 aromatic carbocycles. The molecule has 1 saturated heterocycles. The number of halogens is 1. The van der Waals surface area contributed by atoms with Gasteiger partial charge in [0.25, 0.3) is 5.78 Å². The zero-order valence-corrected chi connectivity index (χ0v) is 20.4. The molecule has 35 heavy (non-hydrogen) atoms. The van der Waals surface area contributed by atoms with Crippen LogP contribution >= 0.6 is 11.3 Å². The summed E-state index contributed by atoms with van der Waals surface area (Å²) in [6.45, 7) is 6.94. The fraction of sp³-hybridized carbons (Fsp3) is 0.231. The van der Waals surface area contributed by atoms with Crippen LogP contribution in [0.5, 0.6) is 0 Å². The Morgan fingerprint density at radius 2 is 1.83 bits per heavy atom. The summed E-state index contributed by atoms with van der Waals surface area (Å²) >= 11 is 0.929. The van der Waals surface area contributed by atoms with Gasteiger partial charge in [0.15, 0.2) is 5.13 Å². The van der Waals surface area contributed by atoms with Crippen molar-refractivity contribution in [2.75, 3.05) is 11.5 Å². The van der Waals surface area contributed by atoms with Crippen LogP contribution in [0.25, 0.3) is 5.76 Å². The lowest BCUT2D eigenvalue weighted by Gasteiger charge is -2.23. The van der Waals surface area contributed by atoms with Crippen LogP contribution in [0, 0.1) is 26.6 Å². The zero-order valence-electron chi connectivity index (χ0n) is 19.6. The second-order valence-corrected chi connectivity index (χ2v) is 9.15. The minimum atomic E-state index is -1.03. The number of aliphatic hydroxyl groups is 1. The number of carbonyl (C=O) groups excluding carboxylic acids is 3. The molecule has 1 N–H and O–H groups in total. The van der Waals surface area contributed by atoms with E-state index in [4.69, 9.17) is 4.74 Å². The number of nitrogens with zero attached hydrogens (tertiary/aromatic N) is 2. The second-order valence-electron chi connectivity index (χ2n) is 8.18. The number of ether oxygens (including phenoxy) is 1. The van der Waals surface area contributed by atoms with Gasteiger partial charge in [-0.3, -0.25) is 14.5 Å². The Morgan fingerprint density at radius 1 is 1.14 bits per heavy atom. The Kier molecular flexibility index (Phi) is 6.53. The summed E-state index contributed by atoms with van der Waals surface area (Å²) in [6, 6.07) is 10.2. The molecule has 3 aromatic rings. The Labute approximate surface area is 205 Å². The largest absolute Gasteiger partial charge is 0.507 e. The van der Waals surface area contributed by atoms with Gasteiger partial charge in [0.2, 0.25) is 0 Å². The van der Waals surface area contributed by atoms with Crippen LogP contribution in [0.4, 0.5) is 9.52 Å². The van der Waals surface area contributed by atoms with E-state index in [1.807, 2.05) is 19.1 Å². The number of hydrogen-bond donors (Lipinski definition) is 1. The van der Waals surface area contributed by atoms with E-state index in [-0.39, 0.29) is 27.8 Å². The number of aliphatic hydroxyl groups excluding tert-OH is 1. The van der Waals surface area contributed by atoms with E-state index >= 15 is 0 Å². The smallest absolute Gasteiger partial charge is 0.350 e. The summed E-state index contributed by atoms with van der Waals surface area (Å²) in [5.41, 5.74) is 2.13. The highest BCUT2D eigenvalue weighted by Gasteiger charge is 2.48. The molecule has 1 fully saturated rings. The number of esters is 1. The third-order valence-corrected chi connectivity index (χ3v) is 6.87. The third kappa shape index (κ3) is 4.35. The monoisotopic (exact) mass is 494 g/mol. The first-order chi connectivity index (χ1) is 16.6. The van der Waals surface area contributed by atoms with E-state index in [1.54, 1.807) is 32.9 Å². The van der Waals surface area contributed by atoms with Gasteiger partial charge < -0.3 is 9.84 Å². The first-order valence-corrected chi connectivity index (χ1v) is 11.7. The third-order valence-electron chi connectivity index (χ3n) is 5.73. The zero-order chi connectivity index (χ0) is 25.4. The van der Waals surface area contributed by atoms with Gasteiger partial charge in [0.05, 0.1) is 23.9 Å². The van der Waals surface area contributed by atoms with Crippen molar-refractivity contribution in [3.63, 3.8) is 0 Å². The van der Waals surface area contributed by atoms with Crippen molar-refractivity contribution in [2.45, 2.75) is 33.7 Å². The van der Waals surface area contributed by atoms with Crippen molar-refractivity contribution >= 4 is 39.9 Å². The molecule has 2 heterocycles. The quantitative estimate of drug-likeness (QED) is 0.232. The Bertz CT molecular complexity index is 1380. The van der Waals surface area contributed by atoms with Gasteiger partial charge in [0, 0.05) is 5.56 Å². The number of rotatable bonds is 5. The SMILES string of the molecule is CCOC(=O)c1sc(N2C(=O)C(=O)C(=C(O)c3ccc(C)c(F)c3)[C@@H]2c2ccc(C)cc2)nc1C. The lowest BCUT2D eigenvalue weighted by atomic mass is 9.94. The van der Waals surface area contributed by atoms with Crippen molar-refractivity contribution in [2.24, 2.45) is 0 Å². The molecule has 180 valence electrons. The number of aryl methyl sites for hydroxylation is 3. The van der Waals surface area contributed by atoms with Crippen molar-refractivity contribution in [3.8, 4) is 0 Å². The first kappa shape index (κ1) is 24.3. The molecule has 9 heteroatoms. The molecule has 1 amide bonds. The highest BCUT2D eigenvalue weighted by Crippen LogP contribution is 2.44. The average Bonchev–Trinajstić information content (AvgIpc) is 3.33. The van der Waals surface area contributed by atoms with Crippen molar-refractivity contribution in [1.29, 1.82) is 0 Å². The van der Waals surface area contributed by atoms with Gasteiger partial charge >= 0.3 is 11.9 Å². The fourth-order valence-corrected chi connectivity index (χ4v) is 4.85. The highest BCUT2D eigenvalue weighted by molar-refractivity contribution is 7.17. The van der Waals surface area contributed by atoms with Gasteiger partial charge in [-0.05, 0) is 44.9 Å². The van der Waals surface area contributed by atoms with E-state index < -0.39 is 35.3 Å². The van der Waals surface area contributed by atoms with Gasteiger partial charge in [-0.15, -0.1) is 0 Å². The van der Waals surface area contributed by atoms with Gasteiger partial charge in [-0.2, -0.15) is 0 Å². The molecule has 1 aromatic heterocycles. The molecule has 0 saturated carbocycles. The molecular weight excluding hydrogens is 471 g/mol.